The fourth-order valence-electron chi connectivity index (χ4n) is 4.41. The molecule has 0 bridgehead atoms. The van der Waals surface area contributed by atoms with Gasteiger partial charge in [0, 0.05) is 34.7 Å². The highest BCUT2D eigenvalue weighted by Gasteiger charge is 2.19. The Bertz CT molecular complexity index is 1350. The Morgan fingerprint density at radius 2 is 1.83 bits per heavy atom. The normalized spacial score (nSPS) is 11.5. The lowest BCUT2D eigenvalue weighted by atomic mass is 9.96. The zero-order valence-electron chi connectivity index (χ0n) is 21.4. The maximum atomic E-state index is 12.7. The third-order valence-corrected chi connectivity index (χ3v) is 6.29. The molecular weight excluding hydrogens is 450 g/mol. The monoisotopic (exact) mass is 483 g/mol. The summed E-state index contributed by atoms with van der Waals surface area (Å²) in [5, 5.41) is 3.99. The Kier molecular flexibility index (Phi) is 8.11. The summed E-state index contributed by atoms with van der Waals surface area (Å²) in [6, 6.07) is 20.3. The molecule has 1 N–H and O–H groups in total. The van der Waals surface area contributed by atoms with Gasteiger partial charge in [0.25, 0.3) is 0 Å². The van der Waals surface area contributed by atoms with E-state index < -0.39 is 0 Å². The molecule has 36 heavy (non-hydrogen) atoms. The van der Waals surface area contributed by atoms with Gasteiger partial charge in [-0.3, -0.25) is 4.79 Å². The van der Waals surface area contributed by atoms with Crippen LogP contribution in [0.3, 0.4) is 0 Å². The molecule has 1 aromatic heterocycles. The molecule has 5 nitrogen and oxygen atoms in total. The predicted molar refractivity (Wildman–Crippen MR) is 146 cm³/mol. The van der Waals surface area contributed by atoms with Crippen LogP contribution < -0.4 is 14.8 Å². The van der Waals surface area contributed by atoms with Crippen LogP contribution in [0.25, 0.3) is 27.7 Å². The molecule has 0 spiro atoms. The number of furan rings is 1. The van der Waals surface area contributed by atoms with Crippen molar-refractivity contribution in [2.75, 3.05) is 20.3 Å². The van der Waals surface area contributed by atoms with Gasteiger partial charge in [0.05, 0.1) is 20.0 Å². The molecule has 0 fully saturated rings. The van der Waals surface area contributed by atoms with Crippen LogP contribution in [0.5, 0.6) is 11.5 Å². The van der Waals surface area contributed by atoms with Crippen LogP contribution in [0.2, 0.25) is 0 Å². The van der Waals surface area contributed by atoms with Crippen molar-refractivity contribution in [3.63, 3.8) is 0 Å². The van der Waals surface area contributed by atoms with Gasteiger partial charge in [-0.15, -0.1) is 0 Å². The van der Waals surface area contributed by atoms with Crippen molar-refractivity contribution in [1.29, 1.82) is 0 Å². The molecule has 3 aromatic carbocycles. The average molecular weight is 484 g/mol. The number of allylic oxidation sites excluding steroid dienone is 1. The number of hydrogen-bond donors (Lipinski definition) is 1. The van der Waals surface area contributed by atoms with Crippen LogP contribution >= 0.6 is 0 Å². The first-order chi connectivity index (χ1) is 17.5. The molecule has 186 valence electrons. The van der Waals surface area contributed by atoms with Crippen LogP contribution in [0, 0.1) is 6.92 Å². The van der Waals surface area contributed by atoms with Gasteiger partial charge in [0.1, 0.15) is 17.1 Å². The number of hydrogen-bond acceptors (Lipinski definition) is 4. The third-order valence-electron chi connectivity index (χ3n) is 6.29. The van der Waals surface area contributed by atoms with Crippen LogP contribution in [0.1, 0.15) is 37.0 Å². The first-order valence-electron chi connectivity index (χ1n) is 12.3. The highest BCUT2D eigenvalue weighted by Crippen LogP contribution is 2.41. The number of nitrogens with one attached hydrogen (secondary N) is 1. The molecule has 0 aliphatic heterocycles. The fraction of sp³-hybridized carbons (Fsp3) is 0.258. The van der Waals surface area contributed by atoms with Crippen molar-refractivity contribution in [1.82, 2.24) is 5.32 Å². The highest BCUT2D eigenvalue weighted by atomic mass is 16.5. The lowest BCUT2D eigenvalue weighted by molar-refractivity contribution is -0.116. The lowest BCUT2D eigenvalue weighted by Crippen LogP contribution is -2.22. The van der Waals surface area contributed by atoms with Crippen molar-refractivity contribution in [3.8, 4) is 22.6 Å². The van der Waals surface area contributed by atoms with E-state index in [2.05, 4.69) is 23.5 Å². The van der Waals surface area contributed by atoms with Gasteiger partial charge in [-0.25, -0.2) is 0 Å². The Labute approximate surface area is 212 Å². The Balaban J connectivity index is 1.58. The van der Waals surface area contributed by atoms with Gasteiger partial charge in [-0.2, -0.15) is 0 Å². The molecule has 4 rings (SSSR count). The summed E-state index contributed by atoms with van der Waals surface area (Å²) in [7, 11) is 1.65. The molecule has 0 saturated carbocycles. The van der Waals surface area contributed by atoms with E-state index >= 15 is 0 Å². The zero-order valence-corrected chi connectivity index (χ0v) is 21.4. The molecule has 0 aliphatic carbocycles. The SMILES string of the molecule is CCOc1c(/C(C)=C/C(=O)NCCCc2ccccc2)cc2c(-c3ccc(OC)cc3)coc2c1C. The fourth-order valence-corrected chi connectivity index (χ4v) is 4.41. The van der Waals surface area contributed by atoms with Crippen LogP contribution in [0.15, 0.2) is 77.4 Å². The molecule has 5 heteroatoms. The van der Waals surface area contributed by atoms with E-state index in [4.69, 9.17) is 13.9 Å². The van der Waals surface area contributed by atoms with Crippen LogP contribution in [-0.4, -0.2) is 26.2 Å². The van der Waals surface area contributed by atoms with Crippen LogP contribution in [0.4, 0.5) is 0 Å². The summed E-state index contributed by atoms with van der Waals surface area (Å²) in [4.78, 5) is 12.7. The van der Waals surface area contributed by atoms with Gasteiger partial charge in [0.2, 0.25) is 5.91 Å². The van der Waals surface area contributed by atoms with Gasteiger partial charge in [-0.1, -0.05) is 42.5 Å². The van der Waals surface area contributed by atoms with E-state index in [0.29, 0.717) is 13.2 Å². The molecule has 1 heterocycles. The first kappa shape index (κ1) is 25.1. The summed E-state index contributed by atoms with van der Waals surface area (Å²) >= 11 is 0. The topological polar surface area (TPSA) is 60.7 Å². The van der Waals surface area contributed by atoms with Crippen molar-refractivity contribution in [3.05, 3.63) is 89.7 Å². The second-order valence-corrected chi connectivity index (χ2v) is 8.77. The van der Waals surface area contributed by atoms with Crippen molar-refractivity contribution in [2.24, 2.45) is 0 Å². The summed E-state index contributed by atoms with van der Waals surface area (Å²) in [6.45, 7) is 7.04. The largest absolute Gasteiger partial charge is 0.497 e. The number of carbonyl (C=O) groups excluding carboxylic acids is 1. The smallest absolute Gasteiger partial charge is 0.244 e. The summed E-state index contributed by atoms with van der Waals surface area (Å²) < 4.78 is 17.3. The summed E-state index contributed by atoms with van der Waals surface area (Å²) in [5.41, 5.74) is 6.71. The number of fused-ring (bicyclic) bond motifs is 1. The number of aryl methyl sites for hydroxylation is 2. The molecule has 0 aliphatic rings. The second kappa shape index (κ2) is 11.6. The standard InChI is InChI=1S/C31H33NO4/c1-5-35-30-22(3)31-27(28(20-36-31)24-13-15-25(34-4)16-14-24)19-26(30)21(2)18-29(33)32-17-9-12-23-10-7-6-8-11-23/h6-8,10-11,13-16,18-20H,5,9,12,17H2,1-4H3,(H,32,33)/b21-18+. The minimum Gasteiger partial charge on any atom is -0.497 e. The molecular formula is C31H33NO4. The summed E-state index contributed by atoms with van der Waals surface area (Å²) in [5.74, 6) is 1.44. The van der Waals surface area contributed by atoms with E-state index in [1.54, 1.807) is 19.4 Å². The molecule has 4 aromatic rings. The van der Waals surface area contributed by atoms with E-state index in [1.165, 1.54) is 5.56 Å². The second-order valence-electron chi connectivity index (χ2n) is 8.77. The minimum absolute atomic E-state index is 0.108. The van der Waals surface area contributed by atoms with Crippen molar-refractivity contribution in [2.45, 2.75) is 33.6 Å². The van der Waals surface area contributed by atoms with E-state index in [9.17, 15) is 4.79 Å². The Hall–Kier alpha value is -3.99. The van der Waals surface area contributed by atoms with E-state index in [-0.39, 0.29) is 5.91 Å². The van der Waals surface area contributed by atoms with Gasteiger partial charge in [-0.05, 0) is 68.5 Å². The first-order valence-corrected chi connectivity index (χ1v) is 12.3. The molecule has 0 atom stereocenters. The molecule has 0 unspecified atom stereocenters. The van der Waals surface area contributed by atoms with Crippen molar-refractivity contribution >= 4 is 22.4 Å². The van der Waals surface area contributed by atoms with Crippen molar-refractivity contribution < 1.29 is 18.7 Å². The average Bonchev–Trinajstić information content (AvgIpc) is 3.33. The number of carbonyl (C=O) groups is 1. The Morgan fingerprint density at radius 1 is 1.08 bits per heavy atom. The molecule has 0 radical (unpaired) electrons. The van der Waals surface area contributed by atoms with Crippen LogP contribution in [-0.2, 0) is 11.2 Å². The van der Waals surface area contributed by atoms with Gasteiger partial charge in [0.15, 0.2) is 0 Å². The maximum absolute atomic E-state index is 12.7. The Morgan fingerprint density at radius 3 is 2.53 bits per heavy atom. The number of rotatable bonds is 10. The number of benzene rings is 3. The van der Waals surface area contributed by atoms with Gasteiger partial charge >= 0.3 is 0 Å². The van der Waals surface area contributed by atoms with E-state index in [1.807, 2.05) is 63.2 Å². The number of ether oxygens (including phenoxy) is 2. The minimum atomic E-state index is -0.108. The number of methoxy groups -OCH3 is 1. The van der Waals surface area contributed by atoms with E-state index in [0.717, 1.165) is 63.1 Å². The maximum Gasteiger partial charge on any atom is 0.244 e. The summed E-state index contributed by atoms with van der Waals surface area (Å²) in [6.07, 6.45) is 5.25. The lowest BCUT2D eigenvalue weighted by Gasteiger charge is -2.15. The third kappa shape index (κ3) is 5.62. The quantitative estimate of drug-likeness (QED) is 0.195. The zero-order chi connectivity index (χ0) is 25.5. The number of amides is 1. The molecule has 1 amide bonds. The predicted octanol–water partition coefficient (Wildman–Crippen LogP) is 6.97. The van der Waals surface area contributed by atoms with Gasteiger partial charge < -0.3 is 19.2 Å². The molecule has 0 saturated heterocycles. The highest BCUT2D eigenvalue weighted by molar-refractivity contribution is 6.01.